The van der Waals surface area contributed by atoms with Gasteiger partial charge in [-0.05, 0) is 73.1 Å². The number of benzene rings is 2. The quantitative estimate of drug-likeness (QED) is 0.279. The van der Waals surface area contributed by atoms with Crippen LogP contribution in [0.3, 0.4) is 0 Å². The molecule has 0 bridgehead atoms. The first kappa shape index (κ1) is 22.5. The molecule has 2 aromatic carbocycles. The summed E-state index contributed by atoms with van der Waals surface area (Å²) in [5.74, 6) is -0.436. The van der Waals surface area contributed by atoms with Gasteiger partial charge in [-0.25, -0.2) is 0 Å². The third-order valence-electron chi connectivity index (χ3n) is 3.65. The smallest absolute Gasteiger partial charge is 0.276 e. The number of nitro groups is 1. The van der Waals surface area contributed by atoms with E-state index < -0.39 is 16.7 Å². The molecule has 0 fully saturated rings. The van der Waals surface area contributed by atoms with Crippen molar-refractivity contribution in [3.8, 4) is 5.75 Å². The Morgan fingerprint density at radius 2 is 1.73 bits per heavy atom. The Balaban J connectivity index is 1.73. The number of ether oxygens (including phenoxy) is 1. The highest BCUT2D eigenvalue weighted by Crippen LogP contribution is 2.16. The van der Waals surface area contributed by atoms with Crippen molar-refractivity contribution in [1.29, 1.82) is 0 Å². The molecule has 9 nitrogen and oxygen atoms in total. The standard InChI is InChI=1S/C20H20N4O5S/c1-13-9-14(2)11-17(10-13)29-12-19(26)22-23-20(30)21-18(25)8-5-15-3-6-16(7-4-15)24(27)28/h3-11H,12H2,1-2H3,(H,22,26)(H2,21,23,25,30)/b8-5+. The van der Waals surface area contributed by atoms with Crippen LogP contribution in [0.4, 0.5) is 5.69 Å². The first-order valence-electron chi connectivity index (χ1n) is 8.76. The highest BCUT2D eigenvalue weighted by molar-refractivity contribution is 7.80. The summed E-state index contributed by atoms with van der Waals surface area (Å²) in [6.07, 6.45) is 2.68. The van der Waals surface area contributed by atoms with E-state index in [4.69, 9.17) is 17.0 Å². The summed E-state index contributed by atoms with van der Waals surface area (Å²) in [6.45, 7) is 3.63. The summed E-state index contributed by atoms with van der Waals surface area (Å²) in [4.78, 5) is 33.8. The summed E-state index contributed by atoms with van der Waals surface area (Å²) in [5, 5.41) is 12.9. The van der Waals surface area contributed by atoms with Crippen LogP contribution in [0.15, 0.2) is 48.5 Å². The molecule has 0 aliphatic heterocycles. The highest BCUT2D eigenvalue weighted by atomic mass is 32.1. The Kier molecular flexibility index (Phi) is 8.00. The number of amides is 2. The van der Waals surface area contributed by atoms with Crippen LogP contribution in [-0.4, -0.2) is 28.5 Å². The van der Waals surface area contributed by atoms with Crippen molar-refractivity contribution in [2.75, 3.05) is 6.61 Å². The molecule has 2 aromatic rings. The van der Waals surface area contributed by atoms with Crippen molar-refractivity contribution < 1.29 is 19.2 Å². The fourth-order valence-electron chi connectivity index (χ4n) is 2.39. The molecular formula is C20H20N4O5S. The molecule has 0 radical (unpaired) electrons. The molecule has 0 saturated carbocycles. The van der Waals surface area contributed by atoms with Gasteiger partial charge in [-0.15, -0.1) is 0 Å². The van der Waals surface area contributed by atoms with Crippen molar-refractivity contribution in [2.45, 2.75) is 13.8 Å². The zero-order valence-corrected chi connectivity index (χ0v) is 17.1. The zero-order chi connectivity index (χ0) is 22.1. The third-order valence-corrected chi connectivity index (χ3v) is 3.85. The van der Waals surface area contributed by atoms with Crippen molar-refractivity contribution in [3.63, 3.8) is 0 Å². The molecule has 0 spiro atoms. The molecule has 0 aliphatic carbocycles. The van der Waals surface area contributed by atoms with Crippen molar-refractivity contribution in [2.24, 2.45) is 0 Å². The Morgan fingerprint density at radius 1 is 1.10 bits per heavy atom. The van der Waals surface area contributed by atoms with Gasteiger partial charge in [0.05, 0.1) is 4.92 Å². The molecule has 0 aliphatic rings. The first-order chi connectivity index (χ1) is 14.2. The van der Waals surface area contributed by atoms with Gasteiger partial charge in [0.25, 0.3) is 11.6 Å². The highest BCUT2D eigenvalue weighted by Gasteiger charge is 2.06. The topological polar surface area (TPSA) is 123 Å². The summed E-state index contributed by atoms with van der Waals surface area (Å²) in [7, 11) is 0. The Bertz CT molecular complexity index is 969. The Labute approximate surface area is 178 Å². The van der Waals surface area contributed by atoms with E-state index in [1.807, 2.05) is 32.0 Å². The number of thiocarbonyl (C=S) groups is 1. The fourth-order valence-corrected chi connectivity index (χ4v) is 2.54. The molecule has 0 heterocycles. The normalized spacial score (nSPS) is 10.3. The van der Waals surface area contributed by atoms with E-state index in [9.17, 15) is 19.7 Å². The molecule has 30 heavy (non-hydrogen) atoms. The average molecular weight is 428 g/mol. The summed E-state index contributed by atoms with van der Waals surface area (Å²) >= 11 is 4.93. The summed E-state index contributed by atoms with van der Waals surface area (Å²) < 4.78 is 5.42. The molecule has 156 valence electrons. The molecule has 0 aromatic heterocycles. The van der Waals surface area contributed by atoms with E-state index in [1.54, 1.807) is 0 Å². The third kappa shape index (κ3) is 7.68. The second-order valence-corrected chi connectivity index (χ2v) is 6.69. The molecule has 2 rings (SSSR count). The molecule has 3 N–H and O–H groups in total. The van der Waals surface area contributed by atoms with Gasteiger partial charge < -0.3 is 4.74 Å². The Hall–Kier alpha value is -3.79. The minimum Gasteiger partial charge on any atom is -0.484 e. The lowest BCUT2D eigenvalue weighted by Gasteiger charge is -2.11. The average Bonchev–Trinajstić information content (AvgIpc) is 2.68. The number of hydrogen-bond donors (Lipinski definition) is 3. The molecule has 10 heteroatoms. The molecular weight excluding hydrogens is 408 g/mol. The van der Waals surface area contributed by atoms with Crippen LogP contribution < -0.4 is 20.9 Å². The van der Waals surface area contributed by atoms with Crippen molar-refractivity contribution in [1.82, 2.24) is 16.2 Å². The number of hydrogen-bond acceptors (Lipinski definition) is 6. The zero-order valence-electron chi connectivity index (χ0n) is 16.3. The number of hydrazine groups is 1. The maximum atomic E-state index is 11.9. The van der Waals surface area contributed by atoms with E-state index in [1.165, 1.54) is 36.4 Å². The first-order valence-corrected chi connectivity index (χ1v) is 9.17. The second kappa shape index (κ2) is 10.7. The largest absolute Gasteiger partial charge is 0.484 e. The lowest BCUT2D eigenvalue weighted by atomic mass is 10.1. The SMILES string of the molecule is Cc1cc(C)cc(OCC(=O)NNC(=S)NC(=O)/C=C/c2ccc([N+](=O)[O-])cc2)c1. The van der Waals surface area contributed by atoms with Crippen LogP contribution in [0.5, 0.6) is 5.75 Å². The van der Waals surface area contributed by atoms with E-state index in [0.717, 1.165) is 11.1 Å². The van der Waals surface area contributed by atoms with Gasteiger partial charge in [-0.2, -0.15) is 0 Å². The number of carbonyl (C=O) groups excluding carboxylic acids is 2. The van der Waals surface area contributed by atoms with Crippen molar-refractivity contribution >= 4 is 40.9 Å². The number of carbonyl (C=O) groups is 2. The number of non-ortho nitro benzene ring substituents is 1. The lowest BCUT2D eigenvalue weighted by molar-refractivity contribution is -0.384. The number of rotatable bonds is 6. The van der Waals surface area contributed by atoms with Gasteiger partial charge in [-0.1, -0.05) is 6.07 Å². The minimum absolute atomic E-state index is 0.0424. The van der Waals surface area contributed by atoms with Gasteiger partial charge in [0.1, 0.15) is 5.75 Å². The monoisotopic (exact) mass is 428 g/mol. The van der Waals surface area contributed by atoms with Gasteiger partial charge in [-0.3, -0.25) is 35.9 Å². The van der Waals surface area contributed by atoms with Gasteiger partial charge in [0, 0.05) is 18.2 Å². The predicted molar refractivity (Wildman–Crippen MR) is 116 cm³/mol. The maximum absolute atomic E-state index is 11.9. The van der Waals surface area contributed by atoms with Gasteiger partial charge in [0.2, 0.25) is 5.91 Å². The lowest BCUT2D eigenvalue weighted by Crippen LogP contribution is -2.49. The molecule has 0 saturated heterocycles. The number of nitrogens with one attached hydrogen (secondary N) is 3. The number of nitrogens with zero attached hydrogens (tertiary/aromatic N) is 1. The summed E-state index contributed by atoms with van der Waals surface area (Å²) in [6, 6.07) is 11.3. The van der Waals surface area contributed by atoms with Gasteiger partial charge >= 0.3 is 0 Å². The number of aryl methyl sites for hydroxylation is 2. The fraction of sp³-hybridized carbons (Fsp3) is 0.150. The predicted octanol–water partition coefficient (Wildman–Crippen LogP) is 2.33. The van der Waals surface area contributed by atoms with Crippen molar-refractivity contribution in [3.05, 3.63) is 75.3 Å². The number of nitro benzene ring substituents is 1. The molecule has 0 unspecified atom stereocenters. The van der Waals surface area contributed by atoms with E-state index in [2.05, 4.69) is 16.2 Å². The van der Waals surface area contributed by atoms with Crippen LogP contribution in [0.25, 0.3) is 6.08 Å². The Morgan fingerprint density at radius 3 is 2.33 bits per heavy atom. The van der Waals surface area contributed by atoms with Crippen LogP contribution in [0, 0.1) is 24.0 Å². The van der Waals surface area contributed by atoms with Crippen LogP contribution in [0.1, 0.15) is 16.7 Å². The molecule has 2 amide bonds. The van der Waals surface area contributed by atoms with Crippen LogP contribution in [-0.2, 0) is 9.59 Å². The molecule has 0 atom stereocenters. The van der Waals surface area contributed by atoms with Crippen LogP contribution in [0.2, 0.25) is 0 Å². The van der Waals surface area contributed by atoms with Crippen LogP contribution >= 0.6 is 12.2 Å². The van der Waals surface area contributed by atoms with E-state index in [-0.39, 0.29) is 17.4 Å². The van der Waals surface area contributed by atoms with Gasteiger partial charge in [0.15, 0.2) is 11.7 Å². The van der Waals surface area contributed by atoms with E-state index >= 15 is 0 Å². The van der Waals surface area contributed by atoms with E-state index in [0.29, 0.717) is 11.3 Å². The minimum atomic E-state index is -0.536. The maximum Gasteiger partial charge on any atom is 0.276 e. The second-order valence-electron chi connectivity index (χ2n) is 6.29. The summed E-state index contributed by atoms with van der Waals surface area (Å²) in [5.41, 5.74) is 7.33.